The number of carbonyl (C=O) groups is 1. The molecule has 1 fully saturated rings. The van der Waals surface area contributed by atoms with Crippen LogP contribution in [0.1, 0.15) is 70.2 Å². The molecule has 218 valence electrons. The number of nitrogens with zero attached hydrogens (tertiary/aromatic N) is 7. The predicted molar refractivity (Wildman–Crippen MR) is 152 cm³/mol. The lowest BCUT2D eigenvalue weighted by Gasteiger charge is -2.34. The zero-order valence-corrected chi connectivity index (χ0v) is 24.1. The van der Waals surface area contributed by atoms with Crippen molar-refractivity contribution in [2.24, 2.45) is 0 Å². The molecular formula is C27H41N9O4. The summed E-state index contributed by atoms with van der Waals surface area (Å²) in [6, 6.07) is 2.51. The average molecular weight is 556 g/mol. The van der Waals surface area contributed by atoms with Crippen molar-refractivity contribution in [3.8, 4) is 5.75 Å². The summed E-state index contributed by atoms with van der Waals surface area (Å²) in [5.74, 6) is 1.58. The van der Waals surface area contributed by atoms with Crippen molar-refractivity contribution < 1.29 is 19.4 Å². The van der Waals surface area contributed by atoms with Gasteiger partial charge in [0.25, 0.3) is 0 Å². The van der Waals surface area contributed by atoms with Crippen molar-refractivity contribution in [2.45, 2.75) is 77.4 Å². The number of methoxy groups -OCH3 is 2. The monoisotopic (exact) mass is 555 g/mol. The number of hydrogen-bond donors (Lipinski definition) is 3. The number of aromatic nitrogens is 6. The molecule has 3 aromatic rings. The van der Waals surface area contributed by atoms with E-state index in [2.05, 4.69) is 61.6 Å². The standard InChI is InChI=1S/C27H41N9O4/c1-6-7-19(10-13-37)29-25-24-21(30-26(31-25)32-27(38)40-5)15-28-36(24)16-22-23(39-4)14-20(33-34-22)18-8-11-35(12-9-18)17(2)3/h14-15,17-19,37H,6-13,16H2,1-5H3,(H2,29,30,31,32,38). The first-order valence-corrected chi connectivity index (χ1v) is 14.0. The number of carbonyl (C=O) groups excluding carboxylic acids is 1. The maximum Gasteiger partial charge on any atom is 0.413 e. The molecule has 13 nitrogen and oxygen atoms in total. The lowest BCUT2D eigenvalue weighted by atomic mass is 9.92. The summed E-state index contributed by atoms with van der Waals surface area (Å²) in [5.41, 5.74) is 2.76. The number of hydrogen-bond acceptors (Lipinski definition) is 11. The third kappa shape index (κ3) is 6.94. The second kappa shape index (κ2) is 13.7. The van der Waals surface area contributed by atoms with E-state index in [9.17, 15) is 9.90 Å². The van der Waals surface area contributed by atoms with Gasteiger partial charge in [0, 0.05) is 30.7 Å². The first kappa shape index (κ1) is 29.4. The van der Waals surface area contributed by atoms with Crippen LogP contribution in [0.2, 0.25) is 0 Å². The Bertz CT molecular complexity index is 1270. The molecule has 1 atom stereocenters. The lowest BCUT2D eigenvalue weighted by Crippen LogP contribution is -2.38. The summed E-state index contributed by atoms with van der Waals surface area (Å²) in [6.07, 6.45) is 5.32. The fourth-order valence-electron chi connectivity index (χ4n) is 5.16. The predicted octanol–water partition coefficient (Wildman–Crippen LogP) is 3.40. The van der Waals surface area contributed by atoms with E-state index < -0.39 is 6.09 Å². The maximum atomic E-state index is 11.8. The molecule has 0 saturated carbocycles. The van der Waals surface area contributed by atoms with Gasteiger partial charge in [-0.1, -0.05) is 13.3 Å². The molecule has 1 saturated heterocycles. The molecule has 0 bridgehead atoms. The summed E-state index contributed by atoms with van der Waals surface area (Å²) in [5, 5.41) is 29.2. The van der Waals surface area contributed by atoms with Gasteiger partial charge in [-0.15, -0.1) is 5.10 Å². The highest BCUT2D eigenvalue weighted by atomic mass is 16.5. The smallest absolute Gasteiger partial charge is 0.413 e. The van der Waals surface area contributed by atoms with Crippen LogP contribution in [0.25, 0.3) is 11.0 Å². The summed E-state index contributed by atoms with van der Waals surface area (Å²) in [7, 11) is 2.91. The van der Waals surface area contributed by atoms with E-state index >= 15 is 0 Å². The van der Waals surface area contributed by atoms with Crippen molar-refractivity contribution in [3.63, 3.8) is 0 Å². The summed E-state index contributed by atoms with van der Waals surface area (Å²) < 4.78 is 12.2. The van der Waals surface area contributed by atoms with Gasteiger partial charge < -0.3 is 24.8 Å². The zero-order chi connectivity index (χ0) is 28.6. The minimum absolute atomic E-state index is 0.0295. The Morgan fingerprint density at radius 2 is 1.95 bits per heavy atom. The molecule has 0 radical (unpaired) electrons. The van der Waals surface area contributed by atoms with E-state index in [0.717, 1.165) is 44.5 Å². The molecule has 4 heterocycles. The molecule has 1 aliphatic heterocycles. The van der Waals surface area contributed by atoms with Crippen LogP contribution in [0.15, 0.2) is 12.3 Å². The van der Waals surface area contributed by atoms with Crippen molar-refractivity contribution in [1.29, 1.82) is 0 Å². The molecule has 0 spiro atoms. The van der Waals surface area contributed by atoms with E-state index in [1.54, 1.807) is 18.0 Å². The number of anilines is 2. The van der Waals surface area contributed by atoms with E-state index in [1.807, 2.05) is 6.07 Å². The highest BCUT2D eigenvalue weighted by Crippen LogP contribution is 2.31. The molecule has 0 aliphatic carbocycles. The Morgan fingerprint density at radius 1 is 1.18 bits per heavy atom. The Hall–Kier alpha value is -3.58. The number of nitrogens with one attached hydrogen (secondary N) is 2. The normalized spacial score (nSPS) is 15.4. The van der Waals surface area contributed by atoms with Gasteiger partial charge in [-0.2, -0.15) is 15.2 Å². The van der Waals surface area contributed by atoms with Gasteiger partial charge in [-0.3, -0.25) is 10.00 Å². The maximum absolute atomic E-state index is 11.8. The zero-order valence-electron chi connectivity index (χ0n) is 24.1. The van der Waals surface area contributed by atoms with E-state index in [1.165, 1.54) is 7.11 Å². The molecule has 0 aromatic carbocycles. The van der Waals surface area contributed by atoms with Crippen LogP contribution in [-0.4, -0.2) is 92.0 Å². The summed E-state index contributed by atoms with van der Waals surface area (Å²) in [6.45, 7) is 8.96. The van der Waals surface area contributed by atoms with Crippen LogP contribution in [0.3, 0.4) is 0 Å². The molecule has 3 aromatic heterocycles. The number of amides is 1. The topological polar surface area (TPSA) is 152 Å². The first-order valence-electron chi connectivity index (χ1n) is 14.0. The molecule has 40 heavy (non-hydrogen) atoms. The molecular weight excluding hydrogens is 514 g/mol. The largest absolute Gasteiger partial charge is 0.495 e. The number of fused-ring (bicyclic) bond motifs is 1. The first-order chi connectivity index (χ1) is 19.4. The second-order valence-electron chi connectivity index (χ2n) is 10.4. The number of ether oxygens (including phenoxy) is 2. The quantitative estimate of drug-likeness (QED) is 0.301. The van der Waals surface area contributed by atoms with Gasteiger partial charge in [-0.05, 0) is 52.6 Å². The number of rotatable bonds is 12. The molecule has 3 N–H and O–H groups in total. The van der Waals surface area contributed by atoms with Crippen LogP contribution in [-0.2, 0) is 11.3 Å². The SMILES string of the molecule is CCCC(CCO)Nc1nc(NC(=O)OC)nc2cnn(Cc3nnc(C4CCN(C(C)C)CC4)cc3OC)c12. The van der Waals surface area contributed by atoms with E-state index in [0.29, 0.717) is 46.7 Å². The van der Waals surface area contributed by atoms with Gasteiger partial charge in [0.2, 0.25) is 5.95 Å². The fraction of sp³-hybridized carbons (Fsp3) is 0.630. The van der Waals surface area contributed by atoms with Crippen molar-refractivity contribution in [2.75, 3.05) is 44.5 Å². The Morgan fingerprint density at radius 3 is 2.60 bits per heavy atom. The Kier molecular flexibility index (Phi) is 10.0. The van der Waals surface area contributed by atoms with E-state index in [4.69, 9.17) is 9.47 Å². The van der Waals surface area contributed by atoms with Gasteiger partial charge in [-0.25, -0.2) is 9.78 Å². The minimum atomic E-state index is -0.673. The van der Waals surface area contributed by atoms with Crippen molar-refractivity contribution in [3.05, 3.63) is 23.7 Å². The van der Waals surface area contributed by atoms with Crippen LogP contribution in [0.4, 0.5) is 16.6 Å². The fourth-order valence-corrected chi connectivity index (χ4v) is 5.16. The van der Waals surface area contributed by atoms with Gasteiger partial charge >= 0.3 is 6.09 Å². The molecule has 1 aliphatic rings. The second-order valence-corrected chi connectivity index (χ2v) is 10.4. The number of aliphatic hydroxyl groups excluding tert-OH is 1. The third-order valence-corrected chi connectivity index (χ3v) is 7.39. The molecule has 1 unspecified atom stereocenters. The van der Waals surface area contributed by atoms with Crippen LogP contribution in [0, 0.1) is 0 Å². The lowest BCUT2D eigenvalue weighted by molar-refractivity contribution is 0.170. The van der Waals surface area contributed by atoms with Gasteiger partial charge in [0.05, 0.1) is 32.7 Å². The van der Waals surface area contributed by atoms with Crippen LogP contribution < -0.4 is 15.4 Å². The summed E-state index contributed by atoms with van der Waals surface area (Å²) in [4.78, 5) is 23.3. The number of piperidine rings is 1. The highest BCUT2D eigenvalue weighted by molar-refractivity contribution is 5.89. The van der Waals surface area contributed by atoms with Gasteiger partial charge in [0.15, 0.2) is 5.82 Å². The Labute approximate surface area is 234 Å². The van der Waals surface area contributed by atoms with Crippen LogP contribution >= 0.6 is 0 Å². The number of likely N-dealkylation sites (tertiary alicyclic amines) is 1. The van der Waals surface area contributed by atoms with Gasteiger partial charge in [0.1, 0.15) is 22.5 Å². The molecule has 4 rings (SSSR count). The minimum Gasteiger partial charge on any atom is -0.495 e. The van der Waals surface area contributed by atoms with Crippen LogP contribution in [0.5, 0.6) is 5.75 Å². The Balaban J connectivity index is 1.64. The molecule has 1 amide bonds. The summed E-state index contributed by atoms with van der Waals surface area (Å²) >= 11 is 0. The van der Waals surface area contributed by atoms with Crippen molar-refractivity contribution in [1.82, 2.24) is 34.8 Å². The van der Waals surface area contributed by atoms with Crippen molar-refractivity contribution >= 4 is 28.9 Å². The average Bonchev–Trinajstić information content (AvgIpc) is 3.36. The van der Waals surface area contributed by atoms with E-state index in [-0.39, 0.29) is 25.1 Å². The molecule has 13 heteroatoms. The third-order valence-electron chi connectivity index (χ3n) is 7.39. The number of aliphatic hydroxyl groups is 1. The highest BCUT2D eigenvalue weighted by Gasteiger charge is 2.25.